The van der Waals surface area contributed by atoms with Crippen molar-refractivity contribution >= 4 is 16.7 Å². The van der Waals surface area contributed by atoms with Gasteiger partial charge >= 0.3 is 0 Å². The molecule has 5 heteroatoms. The molecule has 3 aromatic rings. The topological polar surface area (TPSA) is 29.0 Å². The molecule has 1 aliphatic rings. The van der Waals surface area contributed by atoms with E-state index < -0.39 is 0 Å². The molecule has 0 bridgehead atoms. The van der Waals surface area contributed by atoms with Crippen molar-refractivity contribution in [1.29, 1.82) is 0 Å². The number of rotatable bonds is 3. The number of nitrogens with zero attached hydrogens (tertiary/aromatic N) is 3. The Kier molecular flexibility index (Phi) is 3.79. The molecule has 2 heterocycles. The standard InChI is InChI=1S/C18H16FN3S/c19-16-7-5-13(6-8-16)11-17-20-18(23-21-17)22-10-9-14-3-1-2-4-15(14)12-22/h1-8H,9-12H2. The van der Waals surface area contributed by atoms with Crippen molar-refractivity contribution in [3.8, 4) is 0 Å². The molecule has 1 aromatic heterocycles. The van der Waals surface area contributed by atoms with Crippen LogP contribution in [0.4, 0.5) is 9.52 Å². The first-order valence-electron chi connectivity index (χ1n) is 7.67. The molecule has 0 radical (unpaired) electrons. The number of hydrogen-bond donors (Lipinski definition) is 0. The molecule has 4 rings (SSSR count). The van der Waals surface area contributed by atoms with Crippen LogP contribution < -0.4 is 4.90 Å². The largest absolute Gasteiger partial charge is 0.342 e. The van der Waals surface area contributed by atoms with E-state index in [1.807, 2.05) is 0 Å². The molecule has 0 spiro atoms. The van der Waals surface area contributed by atoms with Gasteiger partial charge in [-0.2, -0.15) is 4.37 Å². The summed E-state index contributed by atoms with van der Waals surface area (Å²) in [5.41, 5.74) is 3.83. The lowest BCUT2D eigenvalue weighted by atomic mass is 10.0. The van der Waals surface area contributed by atoms with Gasteiger partial charge in [-0.3, -0.25) is 0 Å². The van der Waals surface area contributed by atoms with E-state index in [9.17, 15) is 4.39 Å². The number of fused-ring (bicyclic) bond motifs is 1. The molecule has 0 amide bonds. The van der Waals surface area contributed by atoms with E-state index in [2.05, 4.69) is 38.5 Å². The maximum atomic E-state index is 13.0. The molecule has 0 saturated carbocycles. The van der Waals surface area contributed by atoms with Gasteiger partial charge < -0.3 is 4.90 Å². The number of aromatic nitrogens is 2. The molecule has 0 fully saturated rings. The first kappa shape index (κ1) is 14.3. The third-order valence-corrected chi connectivity index (χ3v) is 4.95. The molecule has 0 saturated heterocycles. The van der Waals surface area contributed by atoms with Crippen LogP contribution in [-0.4, -0.2) is 15.9 Å². The van der Waals surface area contributed by atoms with E-state index in [0.29, 0.717) is 6.42 Å². The van der Waals surface area contributed by atoms with E-state index in [1.165, 1.54) is 34.8 Å². The summed E-state index contributed by atoms with van der Waals surface area (Å²) in [4.78, 5) is 6.95. The highest BCUT2D eigenvalue weighted by atomic mass is 32.1. The van der Waals surface area contributed by atoms with Crippen molar-refractivity contribution in [2.24, 2.45) is 0 Å². The number of anilines is 1. The predicted octanol–water partition coefficient (Wildman–Crippen LogP) is 3.83. The molecule has 0 N–H and O–H groups in total. The van der Waals surface area contributed by atoms with Crippen LogP contribution in [0.15, 0.2) is 48.5 Å². The zero-order valence-corrected chi connectivity index (χ0v) is 13.4. The second-order valence-electron chi connectivity index (χ2n) is 5.74. The average Bonchev–Trinajstić information content (AvgIpc) is 3.05. The summed E-state index contributed by atoms with van der Waals surface area (Å²) in [7, 11) is 0. The normalized spacial score (nSPS) is 13.9. The summed E-state index contributed by atoms with van der Waals surface area (Å²) in [5.74, 6) is 0.586. The fraction of sp³-hybridized carbons (Fsp3) is 0.222. The number of hydrogen-bond acceptors (Lipinski definition) is 4. The van der Waals surface area contributed by atoms with Gasteiger partial charge in [-0.05, 0) is 35.2 Å². The van der Waals surface area contributed by atoms with Gasteiger partial charge in [0.25, 0.3) is 0 Å². The fourth-order valence-electron chi connectivity index (χ4n) is 2.89. The molecule has 0 aliphatic carbocycles. The third-order valence-electron chi connectivity index (χ3n) is 4.13. The average molecular weight is 325 g/mol. The molecule has 116 valence electrons. The minimum Gasteiger partial charge on any atom is -0.342 e. The van der Waals surface area contributed by atoms with Gasteiger partial charge in [0.15, 0.2) is 0 Å². The lowest BCUT2D eigenvalue weighted by Gasteiger charge is -2.27. The molecule has 0 unspecified atom stereocenters. The maximum absolute atomic E-state index is 13.0. The van der Waals surface area contributed by atoms with Gasteiger partial charge in [0.1, 0.15) is 11.6 Å². The van der Waals surface area contributed by atoms with Crippen molar-refractivity contribution < 1.29 is 4.39 Å². The smallest absolute Gasteiger partial charge is 0.205 e. The van der Waals surface area contributed by atoms with Crippen LogP contribution in [0.5, 0.6) is 0 Å². The Balaban J connectivity index is 1.49. The van der Waals surface area contributed by atoms with Crippen LogP contribution in [0.25, 0.3) is 0 Å². The summed E-state index contributed by atoms with van der Waals surface area (Å²) in [6, 6.07) is 15.1. The van der Waals surface area contributed by atoms with Crippen LogP contribution >= 0.6 is 11.5 Å². The van der Waals surface area contributed by atoms with Crippen molar-refractivity contribution in [3.63, 3.8) is 0 Å². The Bertz CT molecular complexity index is 813. The molecule has 3 nitrogen and oxygen atoms in total. The molecule has 2 aromatic carbocycles. The van der Waals surface area contributed by atoms with Gasteiger partial charge in [0.2, 0.25) is 5.13 Å². The van der Waals surface area contributed by atoms with Crippen LogP contribution in [0.2, 0.25) is 0 Å². The maximum Gasteiger partial charge on any atom is 0.205 e. The molecule has 1 aliphatic heterocycles. The minimum atomic E-state index is -0.215. The minimum absolute atomic E-state index is 0.215. The second kappa shape index (κ2) is 6.08. The van der Waals surface area contributed by atoms with Crippen molar-refractivity contribution in [3.05, 3.63) is 76.9 Å². The quantitative estimate of drug-likeness (QED) is 0.733. The summed E-state index contributed by atoms with van der Waals surface area (Å²) < 4.78 is 17.4. The first-order valence-corrected chi connectivity index (χ1v) is 8.44. The Labute approximate surface area is 138 Å². The Morgan fingerprint density at radius 2 is 1.83 bits per heavy atom. The van der Waals surface area contributed by atoms with Gasteiger partial charge in [-0.1, -0.05) is 36.4 Å². The Morgan fingerprint density at radius 1 is 1.04 bits per heavy atom. The van der Waals surface area contributed by atoms with Gasteiger partial charge in [-0.15, -0.1) is 0 Å². The van der Waals surface area contributed by atoms with Crippen LogP contribution in [0, 0.1) is 5.82 Å². The zero-order chi connectivity index (χ0) is 15.6. The number of benzene rings is 2. The second-order valence-corrected chi connectivity index (χ2v) is 6.47. The monoisotopic (exact) mass is 325 g/mol. The predicted molar refractivity (Wildman–Crippen MR) is 90.3 cm³/mol. The molecule has 0 atom stereocenters. The first-order chi connectivity index (χ1) is 11.3. The Morgan fingerprint density at radius 3 is 2.65 bits per heavy atom. The lowest BCUT2D eigenvalue weighted by molar-refractivity contribution is 0.627. The summed E-state index contributed by atoms with van der Waals surface area (Å²) in [6.45, 7) is 1.86. The van der Waals surface area contributed by atoms with E-state index in [0.717, 1.165) is 36.0 Å². The third kappa shape index (κ3) is 3.10. The van der Waals surface area contributed by atoms with Crippen LogP contribution in [0.3, 0.4) is 0 Å². The molecular formula is C18H16FN3S. The summed E-state index contributed by atoms with van der Waals surface area (Å²) in [5, 5.41) is 0.969. The van der Waals surface area contributed by atoms with Gasteiger partial charge in [0, 0.05) is 31.0 Å². The van der Waals surface area contributed by atoms with Crippen LogP contribution in [-0.2, 0) is 19.4 Å². The highest BCUT2D eigenvalue weighted by Gasteiger charge is 2.19. The Hall–Kier alpha value is -2.27. The SMILES string of the molecule is Fc1ccc(Cc2nsc(N3CCc4ccccc4C3)n2)cc1. The highest BCUT2D eigenvalue weighted by Crippen LogP contribution is 2.26. The lowest BCUT2D eigenvalue weighted by Crippen LogP contribution is -2.30. The summed E-state index contributed by atoms with van der Waals surface area (Å²) >= 11 is 1.44. The van der Waals surface area contributed by atoms with E-state index in [1.54, 1.807) is 12.1 Å². The van der Waals surface area contributed by atoms with E-state index in [4.69, 9.17) is 0 Å². The van der Waals surface area contributed by atoms with E-state index >= 15 is 0 Å². The molecular weight excluding hydrogens is 309 g/mol. The fourth-order valence-corrected chi connectivity index (χ4v) is 3.60. The van der Waals surface area contributed by atoms with Gasteiger partial charge in [0.05, 0.1) is 0 Å². The summed E-state index contributed by atoms with van der Waals surface area (Å²) in [6.07, 6.45) is 1.68. The van der Waals surface area contributed by atoms with E-state index in [-0.39, 0.29) is 5.82 Å². The van der Waals surface area contributed by atoms with Crippen molar-refractivity contribution in [2.45, 2.75) is 19.4 Å². The van der Waals surface area contributed by atoms with Crippen molar-refractivity contribution in [1.82, 2.24) is 9.36 Å². The zero-order valence-electron chi connectivity index (χ0n) is 12.6. The molecule has 23 heavy (non-hydrogen) atoms. The van der Waals surface area contributed by atoms with Gasteiger partial charge in [-0.25, -0.2) is 9.37 Å². The van der Waals surface area contributed by atoms with Crippen molar-refractivity contribution in [2.75, 3.05) is 11.4 Å². The van der Waals surface area contributed by atoms with Crippen LogP contribution in [0.1, 0.15) is 22.5 Å². The number of halogens is 1. The highest BCUT2D eigenvalue weighted by molar-refractivity contribution is 7.09.